The van der Waals surface area contributed by atoms with E-state index in [1.807, 2.05) is 54.7 Å². The summed E-state index contributed by atoms with van der Waals surface area (Å²) in [6.45, 7) is 1.81. The first-order valence-corrected chi connectivity index (χ1v) is 8.58. The minimum absolute atomic E-state index is 0.348. The molecule has 1 saturated heterocycles. The van der Waals surface area contributed by atoms with Gasteiger partial charge in [0, 0.05) is 11.8 Å². The third-order valence-corrected chi connectivity index (χ3v) is 4.73. The summed E-state index contributed by atoms with van der Waals surface area (Å²) >= 11 is 0. The van der Waals surface area contributed by atoms with Crippen LogP contribution in [0.25, 0.3) is 11.3 Å². The summed E-state index contributed by atoms with van der Waals surface area (Å²) in [7, 11) is 0. The number of furan rings is 1. The highest BCUT2D eigenvalue weighted by molar-refractivity contribution is 5.66. The predicted molar refractivity (Wildman–Crippen MR) is 95.5 cm³/mol. The van der Waals surface area contributed by atoms with Gasteiger partial charge in [0.2, 0.25) is 0 Å². The van der Waals surface area contributed by atoms with E-state index in [0.29, 0.717) is 11.6 Å². The fraction of sp³-hybridized carbons (Fsp3) is 0.238. The molecule has 124 valence electrons. The quantitative estimate of drug-likeness (QED) is 0.704. The van der Waals surface area contributed by atoms with E-state index in [0.717, 1.165) is 42.3 Å². The van der Waals surface area contributed by atoms with Gasteiger partial charge in [-0.2, -0.15) is 5.26 Å². The molecule has 4 heteroatoms. The van der Waals surface area contributed by atoms with Crippen molar-refractivity contribution in [1.29, 1.82) is 5.26 Å². The van der Waals surface area contributed by atoms with Crippen LogP contribution in [0, 0.1) is 11.3 Å². The Kier molecular flexibility index (Phi) is 4.32. The molecule has 1 aliphatic rings. The summed E-state index contributed by atoms with van der Waals surface area (Å²) in [5.74, 6) is 1.67. The first-order chi connectivity index (χ1) is 12.3. The lowest BCUT2D eigenvalue weighted by Crippen LogP contribution is -2.23. The zero-order valence-corrected chi connectivity index (χ0v) is 13.9. The lowest BCUT2D eigenvalue weighted by molar-refractivity contribution is 0.225. The van der Waals surface area contributed by atoms with Gasteiger partial charge >= 0.3 is 0 Å². The van der Waals surface area contributed by atoms with Crippen molar-refractivity contribution in [2.24, 2.45) is 0 Å². The largest absolute Gasteiger partial charge is 0.460 e. The molecule has 3 heterocycles. The Morgan fingerprint density at radius 1 is 1.12 bits per heavy atom. The predicted octanol–water partition coefficient (Wildman–Crippen LogP) is 4.55. The molecule has 4 rings (SSSR count). The van der Waals surface area contributed by atoms with E-state index in [1.54, 1.807) is 0 Å². The van der Waals surface area contributed by atoms with E-state index in [4.69, 9.17) is 4.42 Å². The van der Waals surface area contributed by atoms with Gasteiger partial charge in [0.25, 0.3) is 0 Å². The number of hydrogen-bond acceptors (Lipinski definition) is 4. The molecule has 0 radical (unpaired) electrons. The van der Waals surface area contributed by atoms with Crippen LogP contribution in [0.2, 0.25) is 0 Å². The molecule has 25 heavy (non-hydrogen) atoms. The lowest BCUT2D eigenvalue weighted by atomic mass is 10.1. The third kappa shape index (κ3) is 3.19. The molecule has 0 unspecified atom stereocenters. The minimum atomic E-state index is 0.348. The van der Waals surface area contributed by atoms with Gasteiger partial charge in [-0.15, -0.1) is 0 Å². The number of nitriles is 1. The van der Waals surface area contributed by atoms with E-state index >= 15 is 0 Å². The Morgan fingerprint density at radius 2 is 2.00 bits per heavy atom. The van der Waals surface area contributed by atoms with Crippen molar-refractivity contribution in [3.8, 4) is 17.4 Å². The summed E-state index contributed by atoms with van der Waals surface area (Å²) in [4.78, 5) is 6.94. The monoisotopic (exact) mass is 329 g/mol. The summed E-state index contributed by atoms with van der Waals surface area (Å²) < 4.78 is 6.05. The van der Waals surface area contributed by atoms with Crippen molar-refractivity contribution >= 4 is 0 Å². The van der Waals surface area contributed by atoms with Gasteiger partial charge in [-0.3, -0.25) is 9.88 Å². The molecular formula is C21H19N3O. The molecule has 3 aromatic rings. The highest BCUT2D eigenvalue weighted by Gasteiger charge is 2.27. The molecule has 0 bridgehead atoms. The molecule has 2 aromatic heterocycles. The number of rotatable bonds is 4. The van der Waals surface area contributed by atoms with Gasteiger partial charge in [0.15, 0.2) is 0 Å². The summed E-state index contributed by atoms with van der Waals surface area (Å²) in [5, 5.41) is 9.27. The maximum Gasteiger partial charge on any atom is 0.135 e. The van der Waals surface area contributed by atoms with Crippen molar-refractivity contribution in [2.45, 2.75) is 25.4 Å². The van der Waals surface area contributed by atoms with Gasteiger partial charge < -0.3 is 4.42 Å². The zero-order valence-electron chi connectivity index (χ0n) is 13.9. The van der Waals surface area contributed by atoms with E-state index in [9.17, 15) is 5.26 Å². The van der Waals surface area contributed by atoms with Gasteiger partial charge in [-0.1, -0.05) is 18.2 Å². The minimum Gasteiger partial charge on any atom is -0.460 e. The van der Waals surface area contributed by atoms with Gasteiger partial charge in [0.1, 0.15) is 11.5 Å². The van der Waals surface area contributed by atoms with Crippen molar-refractivity contribution in [3.63, 3.8) is 0 Å². The first-order valence-electron chi connectivity index (χ1n) is 8.58. The molecule has 0 aliphatic carbocycles. The lowest BCUT2D eigenvalue weighted by Gasteiger charge is -2.22. The number of likely N-dealkylation sites (tertiary alicyclic amines) is 1. The van der Waals surface area contributed by atoms with Crippen LogP contribution in [-0.4, -0.2) is 16.4 Å². The molecular weight excluding hydrogens is 310 g/mol. The topological polar surface area (TPSA) is 53.1 Å². The number of benzene rings is 1. The highest BCUT2D eigenvalue weighted by Crippen LogP contribution is 2.33. The number of hydrogen-bond donors (Lipinski definition) is 0. The molecule has 0 N–H and O–H groups in total. The fourth-order valence-corrected chi connectivity index (χ4v) is 3.53. The molecule has 1 fully saturated rings. The van der Waals surface area contributed by atoms with Gasteiger partial charge in [0.05, 0.1) is 29.9 Å². The van der Waals surface area contributed by atoms with Crippen molar-refractivity contribution in [2.75, 3.05) is 6.54 Å². The normalized spacial score (nSPS) is 17.5. The van der Waals surface area contributed by atoms with Crippen molar-refractivity contribution < 1.29 is 4.42 Å². The Morgan fingerprint density at radius 3 is 2.84 bits per heavy atom. The summed E-state index contributed by atoms with van der Waals surface area (Å²) in [6.07, 6.45) is 4.16. The Labute approximate surface area is 147 Å². The Bertz CT molecular complexity index is 895. The second-order valence-corrected chi connectivity index (χ2v) is 6.31. The molecule has 1 atom stereocenters. The van der Waals surface area contributed by atoms with Crippen LogP contribution >= 0.6 is 0 Å². The summed E-state index contributed by atoms with van der Waals surface area (Å²) in [5.41, 5.74) is 2.61. The van der Waals surface area contributed by atoms with Crippen LogP contribution < -0.4 is 0 Å². The second-order valence-electron chi connectivity index (χ2n) is 6.31. The van der Waals surface area contributed by atoms with Gasteiger partial charge in [-0.05, 0) is 55.8 Å². The van der Waals surface area contributed by atoms with Crippen LogP contribution in [0.15, 0.2) is 65.2 Å². The average molecular weight is 329 g/mol. The number of pyridine rings is 1. The maximum absolute atomic E-state index is 9.27. The fourth-order valence-electron chi connectivity index (χ4n) is 3.53. The molecule has 1 aromatic carbocycles. The second kappa shape index (κ2) is 6.92. The highest BCUT2D eigenvalue weighted by atomic mass is 16.3. The molecule has 0 spiro atoms. The van der Waals surface area contributed by atoms with E-state index in [-0.39, 0.29) is 0 Å². The SMILES string of the molecule is N#Cc1ccccc1-c1ccc(CN2CCC[C@@H]2c2ccccn2)o1. The number of aromatic nitrogens is 1. The Hall–Kier alpha value is -2.90. The van der Waals surface area contributed by atoms with E-state index in [2.05, 4.69) is 22.0 Å². The van der Waals surface area contributed by atoms with Crippen LogP contribution in [0.5, 0.6) is 0 Å². The smallest absolute Gasteiger partial charge is 0.135 e. The van der Waals surface area contributed by atoms with Crippen molar-refractivity contribution in [1.82, 2.24) is 9.88 Å². The standard InChI is InChI=1S/C21H19N3O/c22-14-16-6-1-2-7-18(16)21-11-10-17(25-21)15-24-13-5-9-20(24)19-8-3-4-12-23-19/h1-4,6-8,10-12,20H,5,9,13,15H2/t20-/m1/s1. The van der Waals surface area contributed by atoms with Crippen LogP contribution in [-0.2, 0) is 6.54 Å². The molecule has 0 saturated carbocycles. The third-order valence-electron chi connectivity index (χ3n) is 4.73. The van der Waals surface area contributed by atoms with E-state index in [1.165, 1.54) is 6.42 Å². The van der Waals surface area contributed by atoms with E-state index < -0.39 is 0 Å². The number of nitrogens with zero attached hydrogens (tertiary/aromatic N) is 3. The van der Waals surface area contributed by atoms with Gasteiger partial charge in [-0.25, -0.2) is 0 Å². The van der Waals surface area contributed by atoms with Crippen LogP contribution in [0.4, 0.5) is 0 Å². The zero-order chi connectivity index (χ0) is 17.1. The molecule has 0 amide bonds. The Balaban J connectivity index is 1.54. The maximum atomic E-state index is 9.27. The summed E-state index contributed by atoms with van der Waals surface area (Å²) in [6, 6.07) is 20.2. The average Bonchev–Trinajstić information content (AvgIpc) is 3.32. The van der Waals surface area contributed by atoms with Crippen molar-refractivity contribution in [3.05, 3.63) is 77.8 Å². The first kappa shape index (κ1) is 15.6. The van der Waals surface area contributed by atoms with Crippen LogP contribution in [0.3, 0.4) is 0 Å². The molecule has 1 aliphatic heterocycles. The molecule has 4 nitrogen and oxygen atoms in total. The van der Waals surface area contributed by atoms with Crippen LogP contribution in [0.1, 0.15) is 35.9 Å².